The molecule has 0 aliphatic heterocycles. The fourth-order valence-corrected chi connectivity index (χ4v) is 2.52. The van der Waals surface area contributed by atoms with Gasteiger partial charge in [0.15, 0.2) is 0 Å². The molecule has 3 heterocycles. The maximum Gasteiger partial charge on any atom is 0.325 e. The number of nitrogens with zero attached hydrogens (tertiary/aromatic N) is 4. The third kappa shape index (κ3) is 4.26. The van der Waals surface area contributed by atoms with Crippen LogP contribution in [0.1, 0.15) is 33.5 Å². The van der Waals surface area contributed by atoms with Gasteiger partial charge in [-0.15, -0.1) is 0 Å². The maximum atomic E-state index is 12.6. The van der Waals surface area contributed by atoms with E-state index in [-0.39, 0.29) is 30.0 Å². The molecule has 0 aliphatic rings. The topological polar surface area (TPSA) is 144 Å². The van der Waals surface area contributed by atoms with Crippen LogP contribution in [0.3, 0.4) is 0 Å². The van der Waals surface area contributed by atoms with E-state index in [2.05, 4.69) is 20.8 Å². The molecule has 3 aromatic heterocycles. The van der Waals surface area contributed by atoms with Crippen LogP contribution in [-0.4, -0.2) is 42.5 Å². The number of aryl methyl sites for hydroxylation is 1. The Kier molecular flexibility index (Phi) is 5.53. The first-order valence-electron chi connectivity index (χ1n) is 8.40. The highest BCUT2D eigenvalue weighted by Crippen LogP contribution is 2.17. The molecule has 0 bridgehead atoms. The van der Waals surface area contributed by atoms with E-state index in [4.69, 9.17) is 9.52 Å². The standard InChI is InChI=1S/C17H18N6O5/c1-2-23-15(17(27)18-7-12-4-3-5-28-12)13(8-20-23)21-16(26)11-6-19-22(9-11)10-14(24)25/h3-6,8-9H,2,7,10H2,1H3,(H,18,27)(H,21,26)(H,24,25). The molecule has 11 nitrogen and oxygen atoms in total. The summed E-state index contributed by atoms with van der Waals surface area (Å²) in [7, 11) is 0. The van der Waals surface area contributed by atoms with Crippen LogP contribution in [-0.2, 0) is 24.4 Å². The van der Waals surface area contributed by atoms with Crippen LogP contribution >= 0.6 is 0 Å². The SMILES string of the molecule is CCn1ncc(NC(=O)c2cnn(CC(=O)O)c2)c1C(=O)NCc1ccco1. The zero-order chi connectivity index (χ0) is 20.1. The van der Waals surface area contributed by atoms with Crippen LogP contribution < -0.4 is 10.6 Å². The van der Waals surface area contributed by atoms with Gasteiger partial charge in [-0.1, -0.05) is 0 Å². The van der Waals surface area contributed by atoms with E-state index in [0.717, 1.165) is 4.68 Å². The molecule has 0 saturated carbocycles. The molecular weight excluding hydrogens is 368 g/mol. The average Bonchev–Trinajstić information content (AvgIpc) is 3.40. The third-order valence-corrected chi connectivity index (χ3v) is 3.80. The second kappa shape index (κ2) is 8.20. The number of aromatic nitrogens is 4. The zero-order valence-corrected chi connectivity index (χ0v) is 15.0. The lowest BCUT2D eigenvalue weighted by Gasteiger charge is -2.09. The van der Waals surface area contributed by atoms with Crippen molar-refractivity contribution in [1.82, 2.24) is 24.9 Å². The van der Waals surface area contributed by atoms with Crippen LogP contribution in [0.5, 0.6) is 0 Å². The zero-order valence-electron chi connectivity index (χ0n) is 15.0. The van der Waals surface area contributed by atoms with E-state index in [1.807, 2.05) is 6.92 Å². The van der Waals surface area contributed by atoms with Crippen molar-refractivity contribution < 1.29 is 23.9 Å². The van der Waals surface area contributed by atoms with Crippen molar-refractivity contribution in [2.24, 2.45) is 0 Å². The molecule has 2 amide bonds. The van der Waals surface area contributed by atoms with Crippen molar-refractivity contribution in [3.8, 4) is 0 Å². The Balaban J connectivity index is 1.73. The molecule has 0 atom stereocenters. The second-order valence-corrected chi connectivity index (χ2v) is 5.76. The van der Waals surface area contributed by atoms with Gasteiger partial charge in [-0.2, -0.15) is 10.2 Å². The molecule has 0 unspecified atom stereocenters. The number of hydrogen-bond donors (Lipinski definition) is 3. The van der Waals surface area contributed by atoms with Crippen molar-refractivity contribution in [3.63, 3.8) is 0 Å². The van der Waals surface area contributed by atoms with Crippen LogP contribution in [0.2, 0.25) is 0 Å². The van der Waals surface area contributed by atoms with Gasteiger partial charge in [0.1, 0.15) is 18.0 Å². The Morgan fingerprint density at radius 3 is 2.71 bits per heavy atom. The minimum absolute atomic E-state index is 0.160. The van der Waals surface area contributed by atoms with Crippen molar-refractivity contribution in [1.29, 1.82) is 0 Å². The van der Waals surface area contributed by atoms with Gasteiger partial charge in [0, 0.05) is 12.7 Å². The minimum atomic E-state index is -1.07. The van der Waals surface area contributed by atoms with E-state index < -0.39 is 17.8 Å². The third-order valence-electron chi connectivity index (χ3n) is 3.80. The first-order valence-corrected chi connectivity index (χ1v) is 8.40. The molecule has 146 valence electrons. The normalized spacial score (nSPS) is 10.6. The van der Waals surface area contributed by atoms with Crippen LogP contribution in [0.25, 0.3) is 0 Å². The number of carboxylic acid groups (broad SMARTS) is 1. The number of anilines is 1. The Labute approximate surface area is 158 Å². The Hall–Kier alpha value is -3.89. The lowest BCUT2D eigenvalue weighted by Crippen LogP contribution is -2.27. The molecule has 0 aliphatic carbocycles. The van der Waals surface area contributed by atoms with Crippen LogP contribution in [0, 0.1) is 0 Å². The largest absolute Gasteiger partial charge is 0.480 e. The number of carbonyl (C=O) groups excluding carboxylic acids is 2. The van der Waals surface area contributed by atoms with Gasteiger partial charge in [0.05, 0.1) is 36.5 Å². The number of nitrogens with one attached hydrogen (secondary N) is 2. The number of furan rings is 1. The Morgan fingerprint density at radius 1 is 1.21 bits per heavy atom. The summed E-state index contributed by atoms with van der Waals surface area (Å²) < 4.78 is 7.77. The fraction of sp³-hybridized carbons (Fsp3) is 0.235. The molecule has 3 N–H and O–H groups in total. The molecule has 0 fully saturated rings. The van der Waals surface area contributed by atoms with Gasteiger partial charge in [0.2, 0.25) is 0 Å². The van der Waals surface area contributed by atoms with E-state index >= 15 is 0 Å². The summed E-state index contributed by atoms with van der Waals surface area (Å²) in [6.45, 7) is 2.07. The first-order chi connectivity index (χ1) is 13.5. The molecular formula is C17H18N6O5. The van der Waals surface area contributed by atoms with Gasteiger partial charge in [-0.05, 0) is 19.1 Å². The van der Waals surface area contributed by atoms with E-state index in [1.54, 1.807) is 12.1 Å². The summed E-state index contributed by atoms with van der Waals surface area (Å²) >= 11 is 0. The molecule has 3 aromatic rings. The van der Waals surface area contributed by atoms with Crippen molar-refractivity contribution in [2.45, 2.75) is 26.6 Å². The number of rotatable bonds is 8. The first kappa shape index (κ1) is 18.9. The molecule has 0 saturated heterocycles. The number of hydrogen-bond acceptors (Lipinski definition) is 6. The number of amides is 2. The highest BCUT2D eigenvalue weighted by Gasteiger charge is 2.21. The summed E-state index contributed by atoms with van der Waals surface area (Å²) in [6, 6.07) is 3.45. The summed E-state index contributed by atoms with van der Waals surface area (Å²) in [6.07, 6.45) is 5.45. The highest BCUT2D eigenvalue weighted by atomic mass is 16.4. The lowest BCUT2D eigenvalue weighted by atomic mass is 10.3. The van der Waals surface area contributed by atoms with Gasteiger partial charge < -0.3 is 20.2 Å². The Bertz CT molecular complexity index is 988. The number of carboxylic acids is 1. The molecule has 0 spiro atoms. The average molecular weight is 386 g/mol. The van der Waals surface area contributed by atoms with E-state index in [0.29, 0.717) is 12.3 Å². The molecule has 11 heteroatoms. The monoisotopic (exact) mass is 386 g/mol. The van der Waals surface area contributed by atoms with E-state index in [9.17, 15) is 14.4 Å². The molecule has 3 rings (SSSR count). The van der Waals surface area contributed by atoms with Gasteiger partial charge >= 0.3 is 5.97 Å². The molecule has 0 radical (unpaired) electrons. The van der Waals surface area contributed by atoms with Crippen molar-refractivity contribution in [3.05, 3.63) is 54.0 Å². The quantitative estimate of drug-likeness (QED) is 0.523. The van der Waals surface area contributed by atoms with Crippen molar-refractivity contribution >= 4 is 23.5 Å². The summed E-state index contributed by atoms with van der Waals surface area (Å²) in [4.78, 5) is 35.8. The summed E-state index contributed by atoms with van der Waals surface area (Å²) in [5.41, 5.74) is 0.586. The fourth-order valence-electron chi connectivity index (χ4n) is 2.52. The maximum absolute atomic E-state index is 12.6. The van der Waals surface area contributed by atoms with Gasteiger partial charge in [0.25, 0.3) is 11.8 Å². The summed E-state index contributed by atoms with van der Waals surface area (Å²) in [5, 5.41) is 22.0. The summed E-state index contributed by atoms with van der Waals surface area (Å²) in [5.74, 6) is -1.44. The Morgan fingerprint density at radius 2 is 2.04 bits per heavy atom. The lowest BCUT2D eigenvalue weighted by molar-refractivity contribution is -0.137. The predicted octanol–water partition coefficient (Wildman–Crippen LogP) is 0.959. The highest BCUT2D eigenvalue weighted by molar-refractivity contribution is 6.08. The molecule has 0 aromatic carbocycles. The molecule has 28 heavy (non-hydrogen) atoms. The van der Waals surface area contributed by atoms with E-state index in [1.165, 1.54) is 29.5 Å². The van der Waals surface area contributed by atoms with Crippen molar-refractivity contribution in [2.75, 3.05) is 5.32 Å². The van der Waals surface area contributed by atoms with Crippen LogP contribution in [0.4, 0.5) is 5.69 Å². The minimum Gasteiger partial charge on any atom is -0.480 e. The number of aliphatic carboxylic acids is 1. The van der Waals surface area contributed by atoms with Gasteiger partial charge in [-0.25, -0.2) is 0 Å². The predicted molar refractivity (Wildman–Crippen MR) is 95.6 cm³/mol. The smallest absolute Gasteiger partial charge is 0.325 e. The number of carbonyl (C=O) groups is 3. The second-order valence-electron chi connectivity index (χ2n) is 5.76. The van der Waals surface area contributed by atoms with Gasteiger partial charge in [-0.3, -0.25) is 23.7 Å². The van der Waals surface area contributed by atoms with Crippen LogP contribution in [0.15, 0.2) is 41.4 Å².